The number of rotatable bonds is 6. The minimum Gasteiger partial charge on any atom is -0.494 e. The Morgan fingerprint density at radius 1 is 1.03 bits per heavy atom. The first-order valence-corrected chi connectivity index (χ1v) is 11.6. The molecule has 33 heavy (non-hydrogen) atoms. The molecule has 5 nitrogen and oxygen atoms in total. The predicted octanol–water partition coefficient (Wildman–Crippen LogP) is 5.40. The number of carbonyl (C=O) groups is 2. The first-order chi connectivity index (χ1) is 15.9. The zero-order chi connectivity index (χ0) is 23.5. The van der Waals surface area contributed by atoms with Crippen molar-refractivity contribution in [2.75, 3.05) is 6.61 Å². The Bertz CT molecular complexity index is 1100. The molecule has 1 aliphatic heterocycles. The van der Waals surface area contributed by atoms with Crippen molar-refractivity contribution in [2.45, 2.75) is 58.5 Å². The summed E-state index contributed by atoms with van der Waals surface area (Å²) in [6, 6.07) is 17.8. The van der Waals surface area contributed by atoms with E-state index >= 15 is 0 Å². The van der Waals surface area contributed by atoms with E-state index in [0.29, 0.717) is 24.2 Å². The summed E-state index contributed by atoms with van der Waals surface area (Å²) in [5.74, 6) is 0.0862. The van der Waals surface area contributed by atoms with Crippen LogP contribution in [0.3, 0.4) is 0 Å². The fourth-order valence-electron chi connectivity index (χ4n) is 4.80. The molecular formula is C28H31NO4. The topological polar surface area (TPSA) is 64.6 Å². The van der Waals surface area contributed by atoms with Gasteiger partial charge in [0.2, 0.25) is 0 Å². The van der Waals surface area contributed by atoms with Crippen LogP contribution in [-0.4, -0.2) is 24.5 Å². The van der Waals surface area contributed by atoms with E-state index in [1.54, 1.807) is 0 Å². The summed E-state index contributed by atoms with van der Waals surface area (Å²) >= 11 is 0. The van der Waals surface area contributed by atoms with E-state index in [-0.39, 0.29) is 17.8 Å². The number of Topliss-reactive ketones (excluding diaryl/α,β-unsaturated/α-hetero) is 1. The quantitative estimate of drug-likeness (QED) is 0.603. The van der Waals surface area contributed by atoms with Gasteiger partial charge in [0.1, 0.15) is 5.75 Å². The number of dihydropyridines is 1. The third kappa shape index (κ3) is 4.72. The molecule has 2 aromatic carbocycles. The largest absolute Gasteiger partial charge is 0.494 e. The van der Waals surface area contributed by atoms with Gasteiger partial charge in [0, 0.05) is 29.3 Å². The van der Waals surface area contributed by atoms with Gasteiger partial charge >= 0.3 is 5.97 Å². The lowest BCUT2D eigenvalue weighted by atomic mass is 9.71. The summed E-state index contributed by atoms with van der Waals surface area (Å²) < 4.78 is 11.2. The number of hydrogen-bond donors (Lipinski definition) is 1. The monoisotopic (exact) mass is 445 g/mol. The van der Waals surface area contributed by atoms with Gasteiger partial charge in [-0.2, -0.15) is 0 Å². The van der Waals surface area contributed by atoms with E-state index in [1.807, 2.05) is 70.2 Å². The average Bonchev–Trinajstić information content (AvgIpc) is 2.79. The smallest absolute Gasteiger partial charge is 0.337 e. The van der Waals surface area contributed by atoms with Crippen molar-refractivity contribution in [2.24, 2.45) is 0 Å². The number of ketones is 1. The van der Waals surface area contributed by atoms with Crippen molar-refractivity contribution < 1.29 is 19.1 Å². The third-order valence-electron chi connectivity index (χ3n) is 6.19. The number of nitrogens with one attached hydrogen (secondary N) is 1. The molecule has 0 amide bonds. The Kier molecular flexibility index (Phi) is 6.68. The van der Waals surface area contributed by atoms with Crippen molar-refractivity contribution in [3.05, 3.63) is 88.3 Å². The second-order valence-electron chi connectivity index (χ2n) is 8.88. The van der Waals surface area contributed by atoms with Crippen molar-refractivity contribution in [3.63, 3.8) is 0 Å². The molecular weight excluding hydrogens is 414 g/mol. The molecule has 2 unspecified atom stereocenters. The molecule has 2 atom stereocenters. The van der Waals surface area contributed by atoms with E-state index in [9.17, 15) is 9.59 Å². The van der Waals surface area contributed by atoms with Crippen LogP contribution in [0.15, 0.2) is 77.1 Å². The molecule has 1 N–H and O–H groups in total. The minimum absolute atomic E-state index is 0.0684. The highest BCUT2D eigenvalue weighted by Gasteiger charge is 2.41. The van der Waals surface area contributed by atoms with Crippen LogP contribution in [0.25, 0.3) is 0 Å². The van der Waals surface area contributed by atoms with Gasteiger partial charge in [0.25, 0.3) is 0 Å². The van der Waals surface area contributed by atoms with E-state index in [1.165, 1.54) is 0 Å². The van der Waals surface area contributed by atoms with E-state index in [2.05, 4.69) is 17.4 Å². The Balaban J connectivity index is 1.77. The maximum absolute atomic E-state index is 13.6. The number of benzene rings is 2. The molecule has 2 aromatic rings. The maximum atomic E-state index is 13.6. The standard InChI is InChI=1S/C28H31NO4/c1-5-32-22-13-11-20(12-14-22)26-25(28(31)33-17(2)3)18(4)29-23-15-21(16-24(30)27(23)26)19-9-7-6-8-10-19/h6-14,17,21,26,29H,5,15-16H2,1-4H3. The lowest BCUT2D eigenvalue weighted by Crippen LogP contribution is -2.36. The molecule has 0 saturated heterocycles. The van der Waals surface area contributed by atoms with Gasteiger partial charge in [-0.1, -0.05) is 42.5 Å². The molecule has 0 spiro atoms. The first kappa shape index (κ1) is 22.8. The number of ether oxygens (including phenoxy) is 2. The van der Waals surface area contributed by atoms with Crippen LogP contribution >= 0.6 is 0 Å². The highest BCUT2D eigenvalue weighted by molar-refractivity contribution is 6.04. The van der Waals surface area contributed by atoms with Crippen LogP contribution in [0, 0.1) is 0 Å². The zero-order valence-electron chi connectivity index (χ0n) is 19.7. The number of allylic oxidation sites excluding steroid dienone is 3. The fraction of sp³-hybridized carbons (Fsp3) is 0.357. The van der Waals surface area contributed by atoms with Crippen LogP contribution in [0.2, 0.25) is 0 Å². The third-order valence-corrected chi connectivity index (χ3v) is 6.19. The second kappa shape index (κ2) is 9.65. The lowest BCUT2D eigenvalue weighted by Gasteiger charge is -2.37. The van der Waals surface area contributed by atoms with Crippen LogP contribution in [0.5, 0.6) is 5.75 Å². The van der Waals surface area contributed by atoms with Gasteiger partial charge in [0.15, 0.2) is 5.78 Å². The molecule has 2 aliphatic rings. The molecule has 0 fully saturated rings. The van der Waals surface area contributed by atoms with Crippen LogP contribution in [0.4, 0.5) is 0 Å². The van der Waals surface area contributed by atoms with Gasteiger partial charge in [-0.25, -0.2) is 4.79 Å². The van der Waals surface area contributed by atoms with Gasteiger partial charge < -0.3 is 14.8 Å². The van der Waals surface area contributed by atoms with E-state index in [4.69, 9.17) is 9.47 Å². The molecule has 1 heterocycles. The average molecular weight is 446 g/mol. The molecule has 0 saturated carbocycles. The van der Waals surface area contributed by atoms with Crippen LogP contribution in [-0.2, 0) is 14.3 Å². The van der Waals surface area contributed by atoms with Gasteiger partial charge in [-0.15, -0.1) is 0 Å². The van der Waals surface area contributed by atoms with Crippen LogP contribution < -0.4 is 10.1 Å². The maximum Gasteiger partial charge on any atom is 0.337 e. The Morgan fingerprint density at radius 3 is 2.36 bits per heavy atom. The normalized spacial score (nSPS) is 20.5. The molecule has 4 rings (SSSR count). The van der Waals surface area contributed by atoms with Crippen molar-refractivity contribution in [1.29, 1.82) is 0 Å². The summed E-state index contributed by atoms with van der Waals surface area (Å²) in [4.78, 5) is 26.7. The fourth-order valence-corrected chi connectivity index (χ4v) is 4.80. The number of hydrogen-bond acceptors (Lipinski definition) is 5. The molecule has 5 heteroatoms. The molecule has 1 aliphatic carbocycles. The molecule has 0 aromatic heterocycles. The molecule has 0 radical (unpaired) electrons. The summed E-state index contributed by atoms with van der Waals surface area (Å²) in [7, 11) is 0. The molecule has 172 valence electrons. The summed E-state index contributed by atoms with van der Waals surface area (Å²) in [6.45, 7) is 8.06. The number of carbonyl (C=O) groups excluding carboxylic acids is 2. The van der Waals surface area contributed by atoms with Gasteiger partial charge in [-0.05, 0) is 63.3 Å². The second-order valence-corrected chi connectivity index (χ2v) is 8.88. The Hall–Kier alpha value is -3.34. The number of esters is 1. The summed E-state index contributed by atoms with van der Waals surface area (Å²) in [5.41, 5.74) is 4.85. The van der Waals surface area contributed by atoms with Crippen molar-refractivity contribution in [3.8, 4) is 5.75 Å². The SMILES string of the molecule is CCOc1ccc(C2C(C(=O)OC(C)C)=C(C)NC3=C2C(=O)CC(c2ccccc2)C3)cc1. The van der Waals surface area contributed by atoms with E-state index in [0.717, 1.165) is 34.7 Å². The van der Waals surface area contributed by atoms with Crippen molar-refractivity contribution in [1.82, 2.24) is 5.32 Å². The van der Waals surface area contributed by atoms with Gasteiger partial charge in [0.05, 0.1) is 18.3 Å². The molecule has 0 bridgehead atoms. The Labute approximate surface area is 195 Å². The lowest BCUT2D eigenvalue weighted by molar-refractivity contribution is -0.143. The van der Waals surface area contributed by atoms with Gasteiger partial charge in [-0.3, -0.25) is 4.79 Å². The first-order valence-electron chi connectivity index (χ1n) is 11.6. The van der Waals surface area contributed by atoms with Crippen molar-refractivity contribution >= 4 is 11.8 Å². The highest BCUT2D eigenvalue weighted by atomic mass is 16.5. The zero-order valence-corrected chi connectivity index (χ0v) is 19.7. The summed E-state index contributed by atoms with van der Waals surface area (Å²) in [6.07, 6.45) is 0.894. The summed E-state index contributed by atoms with van der Waals surface area (Å²) in [5, 5.41) is 3.40. The highest BCUT2D eigenvalue weighted by Crippen LogP contribution is 2.46. The minimum atomic E-state index is -0.465. The van der Waals surface area contributed by atoms with E-state index < -0.39 is 11.9 Å². The Morgan fingerprint density at radius 2 is 1.73 bits per heavy atom. The predicted molar refractivity (Wildman–Crippen MR) is 128 cm³/mol. The van der Waals surface area contributed by atoms with Crippen LogP contribution in [0.1, 0.15) is 63.5 Å².